The minimum absolute atomic E-state index is 1.42. The molecule has 1 heteroatoms. The van der Waals surface area contributed by atoms with Crippen LogP contribution in [0.4, 0.5) is 0 Å². The molecule has 0 nitrogen and oxygen atoms in total. The Morgan fingerprint density at radius 3 is 1.53 bits per heavy atom. The third kappa shape index (κ3) is 1.75. The second-order valence-corrected chi connectivity index (χ2v) is 17.5. The molecule has 1 heterocycles. The van der Waals surface area contributed by atoms with Crippen molar-refractivity contribution < 1.29 is 0 Å². The topological polar surface area (TPSA) is 0 Å². The summed E-state index contributed by atoms with van der Waals surface area (Å²) < 4.78 is 3.23. The van der Waals surface area contributed by atoms with Crippen LogP contribution in [0.25, 0.3) is 12.2 Å². The summed E-state index contributed by atoms with van der Waals surface area (Å²) in [4.78, 5) is 5.03. The van der Waals surface area contributed by atoms with Gasteiger partial charge in [0.15, 0.2) is 0 Å². The molecule has 0 aliphatic carbocycles. The molecule has 0 saturated heterocycles. The fourth-order valence-corrected chi connectivity index (χ4v) is 11.6. The first-order chi connectivity index (χ1) is 8.19. The van der Waals surface area contributed by atoms with Crippen LogP contribution in [0.5, 0.6) is 0 Å². The van der Waals surface area contributed by atoms with Crippen molar-refractivity contribution >= 4 is 37.7 Å². The number of benzene rings is 2. The molecule has 84 valence electrons. The molecule has 1 aliphatic rings. The number of fused-ring (bicyclic) bond motifs is 2. The van der Waals surface area contributed by atoms with Gasteiger partial charge in [-0.25, -0.2) is 0 Å². The van der Waals surface area contributed by atoms with Crippen LogP contribution in [0, 0.1) is 0 Å². The second-order valence-electron chi connectivity index (χ2n) is 5.13. The zero-order valence-electron chi connectivity index (χ0n) is 10.3. The van der Waals surface area contributed by atoms with E-state index in [9.17, 15) is 0 Å². The van der Waals surface area contributed by atoms with Crippen molar-refractivity contribution in [1.29, 1.82) is 0 Å². The predicted octanol–water partition coefficient (Wildman–Crippen LogP) is 2.99. The first kappa shape index (κ1) is 11.1. The number of hydrogen-bond donors (Lipinski definition) is 0. The van der Waals surface area contributed by atoms with E-state index in [1.807, 2.05) is 0 Å². The molecule has 0 fully saturated rings. The van der Waals surface area contributed by atoms with Crippen molar-refractivity contribution in [1.82, 2.24) is 0 Å². The molecular weight excluding hydrogens is 311 g/mol. The van der Waals surface area contributed by atoms with Gasteiger partial charge in [-0.05, 0) is 0 Å². The summed E-state index contributed by atoms with van der Waals surface area (Å²) in [5, 5.41) is 0. The van der Waals surface area contributed by atoms with E-state index in [4.69, 9.17) is 0 Å². The van der Waals surface area contributed by atoms with Crippen LogP contribution in [-0.4, -0.2) is 18.4 Å². The predicted molar refractivity (Wildman–Crippen MR) is 78.6 cm³/mol. The van der Waals surface area contributed by atoms with Crippen LogP contribution in [0.3, 0.4) is 0 Å². The summed E-state index contributed by atoms with van der Waals surface area (Å²) in [5.74, 6) is 0. The zero-order valence-corrected chi connectivity index (χ0v) is 13.1. The fraction of sp³-hybridized carbons (Fsp3) is 0.125. The summed E-state index contributed by atoms with van der Waals surface area (Å²) in [6.07, 6.45) is 4.56. The third-order valence-corrected chi connectivity index (χ3v) is 14.0. The van der Waals surface area contributed by atoms with Gasteiger partial charge in [0.1, 0.15) is 0 Å². The number of hydrogen-bond acceptors (Lipinski definition) is 0. The second kappa shape index (κ2) is 4.02. The summed E-state index contributed by atoms with van der Waals surface area (Å²) in [5.41, 5.74) is 2.84. The monoisotopic (exact) mass is 328 g/mol. The van der Waals surface area contributed by atoms with Gasteiger partial charge in [-0.1, -0.05) is 0 Å². The van der Waals surface area contributed by atoms with Crippen LogP contribution in [0.2, 0.25) is 9.88 Å². The van der Waals surface area contributed by atoms with Crippen molar-refractivity contribution in [2.75, 3.05) is 0 Å². The van der Waals surface area contributed by atoms with Gasteiger partial charge < -0.3 is 0 Å². The van der Waals surface area contributed by atoms with Crippen molar-refractivity contribution in [2.24, 2.45) is 0 Å². The molecule has 1 aliphatic heterocycles. The van der Waals surface area contributed by atoms with E-state index in [2.05, 4.69) is 70.6 Å². The number of rotatable bonds is 0. The van der Waals surface area contributed by atoms with Crippen LogP contribution in [0.15, 0.2) is 48.5 Å². The first-order valence-electron chi connectivity index (χ1n) is 6.07. The van der Waals surface area contributed by atoms with Gasteiger partial charge in [0, 0.05) is 0 Å². The Morgan fingerprint density at radius 1 is 0.647 bits per heavy atom. The van der Waals surface area contributed by atoms with Crippen LogP contribution in [0.1, 0.15) is 11.1 Å². The van der Waals surface area contributed by atoms with Gasteiger partial charge in [-0.2, -0.15) is 0 Å². The van der Waals surface area contributed by atoms with Crippen LogP contribution >= 0.6 is 0 Å². The van der Waals surface area contributed by atoms with Gasteiger partial charge >= 0.3 is 107 Å². The van der Waals surface area contributed by atoms with Crippen LogP contribution in [-0.2, 0) is 0 Å². The van der Waals surface area contributed by atoms with E-state index in [1.165, 1.54) is 11.1 Å². The zero-order chi connectivity index (χ0) is 11.9. The van der Waals surface area contributed by atoms with Gasteiger partial charge in [0.2, 0.25) is 0 Å². The average Bonchev–Trinajstić information content (AvgIpc) is 2.47. The molecule has 0 aromatic heterocycles. The fourth-order valence-electron chi connectivity index (χ4n) is 2.75. The van der Waals surface area contributed by atoms with E-state index in [-0.39, 0.29) is 0 Å². The first-order valence-corrected chi connectivity index (χ1v) is 14.6. The molecule has 0 atom stereocenters. The molecular formula is C16H16Sn. The van der Waals surface area contributed by atoms with Crippen molar-refractivity contribution in [3.8, 4) is 0 Å². The molecule has 0 saturated carbocycles. The Bertz CT molecular complexity index is 542. The van der Waals surface area contributed by atoms with E-state index in [0.29, 0.717) is 0 Å². The van der Waals surface area contributed by atoms with Crippen LogP contribution < -0.4 is 7.16 Å². The molecule has 17 heavy (non-hydrogen) atoms. The summed E-state index contributed by atoms with van der Waals surface area (Å²) in [6.45, 7) is 0. The van der Waals surface area contributed by atoms with E-state index >= 15 is 0 Å². The minimum atomic E-state index is -2.37. The molecule has 0 spiro atoms. The summed E-state index contributed by atoms with van der Waals surface area (Å²) in [7, 11) is 0. The SMILES string of the molecule is [CH3][Sn]1([CH3])[c]2ccccc2C=Cc2cccc[c]21. The quantitative estimate of drug-likeness (QED) is 0.653. The maximum absolute atomic E-state index is 2.51. The maximum atomic E-state index is 2.51. The summed E-state index contributed by atoms with van der Waals surface area (Å²) >= 11 is -2.37. The Morgan fingerprint density at radius 2 is 1.06 bits per heavy atom. The molecule has 3 rings (SSSR count). The normalized spacial score (nSPS) is 15.9. The molecule has 0 amide bonds. The molecule has 0 unspecified atom stereocenters. The summed E-state index contributed by atoms with van der Waals surface area (Å²) in [6, 6.07) is 17.8. The third-order valence-electron chi connectivity index (χ3n) is 3.71. The Kier molecular flexibility index (Phi) is 2.62. The van der Waals surface area contributed by atoms with Crippen molar-refractivity contribution in [3.05, 3.63) is 59.7 Å². The Balaban J connectivity index is 2.34. The van der Waals surface area contributed by atoms with Gasteiger partial charge in [0.05, 0.1) is 0 Å². The van der Waals surface area contributed by atoms with Crippen molar-refractivity contribution in [3.63, 3.8) is 0 Å². The molecule has 2 aromatic rings. The molecule has 0 radical (unpaired) electrons. The van der Waals surface area contributed by atoms with Gasteiger partial charge in [-0.15, -0.1) is 0 Å². The molecule has 0 N–H and O–H groups in total. The van der Waals surface area contributed by atoms with E-state index in [1.54, 1.807) is 7.16 Å². The van der Waals surface area contributed by atoms with Gasteiger partial charge in [-0.3, -0.25) is 0 Å². The average molecular weight is 327 g/mol. The Labute approximate surface area is 107 Å². The molecule has 0 bridgehead atoms. The Hall–Kier alpha value is -1.02. The van der Waals surface area contributed by atoms with Crippen molar-refractivity contribution in [2.45, 2.75) is 9.88 Å². The molecule has 2 aromatic carbocycles. The standard InChI is InChI=1S/C14H10.2CH3.Sn/c1-3-7-13(8-4-1)11-12-14-9-5-2-6-10-14;;;/h1-7,9,11-12H;2*1H3;. The van der Waals surface area contributed by atoms with E-state index in [0.717, 1.165) is 0 Å². The van der Waals surface area contributed by atoms with Gasteiger partial charge in [0.25, 0.3) is 0 Å². The van der Waals surface area contributed by atoms with E-state index < -0.39 is 18.4 Å².